The van der Waals surface area contributed by atoms with Crippen molar-refractivity contribution in [3.63, 3.8) is 0 Å². The molecule has 0 fully saturated rings. The number of ether oxygens (including phenoxy) is 3. The Hall–Kier alpha value is -1.66. The molecular formula is C17H29ClN2O4. The molecule has 6 nitrogen and oxygen atoms in total. The molecule has 138 valence electrons. The summed E-state index contributed by atoms with van der Waals surface area (Å²) in [5.41, 5.74) is 5.66. The summed E-state index contributed by atoms with van der Waals surface area (Å²) >= 11 is 0. The maximum atomic E-state index is 11.9. The van der Waals surface area contributed by atoms with Crippen LogP contribution in [0.25, 0.3) is 0 Å². The number of benzene rings is 1. The van der Waals surface area contributed by atoms with Crippen LogP contribution < -0.4 is 19.9 Å². The SMILES string of the molecule is COc1cc(OC)cc(OCCCN(C)C(=O)CCC(C)N)c1.Cl. The zero-order chi connectivity index (χ0) is 17.2. The van der Waals surface area contributed by atoms with Gasteiger partial charge in [0.15, 0.2) is 0 Å². The lowest BCUT2D eigenvalue weighted by Gasteiger charge is -2.18. The Morgan fingerprint density at radius 2 is 1.71 bits per heavy atom. The molecule has 24 heavy (non-hydrogen) atoms. The first-order valence-corrected chi connectivity index (χ1v) is 7.81. The van der Waals surface area contributed by atoms with Gasteiger partial charge in [0.1, 0.15) is 17.2 Å². The zero-order valence-electron chi connectivity index (χ0n) is 14.9. The largest absolute Gasteiger partial charge is 0.496 e. The molecule has 0 aliphatic carbocycles. The van der Waals surface area contributed by atoms with Crippen LogP contribution in [0.2, 0.25) is 0 Å². The Kier molecular flexibility index (Phi) is 11.0. The lowest BCUT2D eigenvalue weighted by molar-refractivity contribution is -0.130. The van der Waals surface area contributed by atoms with Crippen molar-refractivity contribution in [3.05, 3.63) is 18.2 Å². The number of carbonyl (C=O) groups is 1. The van der Waals surface area contributed by atoms with E-state index >= 15 is 0 Å². The number of amides is 1. The first-order chi connectivity index (χ1) is 11.0. The van der Waals surface area contributed by atoms with E-state index in [4.69, 9.17) is 19.9 Å². The lowest BCUT2D eigenvalue weighted by atomic mass is 10.2. The quantitative estimate of drug-likeness (QED) is 0.649. The standard InChI is InChI=1S/C17H28N2O4.ClH/c1-13(18)6-7-17(20)19(2)8-5-9-23-16-11-14(21-3)10-15(12-16)22-4;/h10-13H,5-9,18H2,1-4H3;1H. The molecule has 0 saturated carbocycles. The smallest absolute Gasteiger partial charge is 0.222 e. The van der Waals surface area contributed by atoms with E-state index in [9.17, 15) is 4.79 Å². The molecular weight excluding hydrogens is 332 g/mol. The van der Waals surface area contributed by atoms with Gasteiger partial charge in [0.05, 0.1) is 20.8 Å². The molecule has 0 bridgehead atoms. The fourth-order valence-corrected chi connectivity index (χ4v) is 2.02. The number of rotatable bonds is 10. The molecule has 1 unspecified atom stereocenters. The molecule has 1 amide bonds. The lowest BCUT2D eigenvalue weighted by Crippen LogP contribution is -2.30. The van der Waals surface area contributed by atoms with Gasteiger partial charge in [-0.05, 0) is 19.8 Å². The van der Waals surface area contributed by atoms with Crippen LogP contribution in [0.5, 0.6) is 17.2 Å². The second-order valence-corrected chi connectivity index (χ2v) is 5.58. The Bertz CT molecular complexity index is 475. The van der Waals surface area contributed by atoms with Crippen molar-refractivity contribution in [2.45, 2.75) is 32.2 Å². The number of nitrogens with two attached hydrogens (primary N) is 1. The Morgan fingerprint density at radius 1 is 1.17 bits per heavy atom. The minimum Gasteiger partial charge on any atom is -0.496 e. The topological polar surface area (TPSA) is 74.0 Å². The van der Waals surface area contributed by atoms with Crippen molar-refractivity contribution < 1.29 is 19.0 Å². The predicted octanol–water partition coefficient (Wildman–Crippen LogP) is 2.48. The second-order valence-electron chi connectivity index (χ2n) is 5.58. The molecule has 1 aromatic carbocycles. The zero-order valence-corrected chi connectivity index (χ0v) is 15.7. The fraction of sp³-hybridized carbons (Fsp3) is 0.588. The van der Waals surface area contributed by atoms with Crippen molar-refractivity contribution in [2.75, 3.05) is 34.4 Å². The van der Waals surface area contributed by atoms with Crippen LogP contribution in [0.1, 0.15) is 26.2 Å². The van der Waals surface area contributed by atoms with E-state index < -0.39 is 0 Å². The first-order valence-electron chi connectivity index (χ1n) is 7.81. The average Bonchev–Trinajstić information content (AvgIpc) is 2.55. The van der Waals surface area contributed by atoms with Gasteiger partial charge >= 0.3 is 0 Å². The Morgan fingerprint density at radius 3 is 2.21 bits per heavy atom. The average molecular weight is 361 g/mol. The van der Waals surface area contributed by atoms with Gasteiger partial charge in [0.25, 0.3) is 0 Å². The van der Waals surface area contributed by atoms with E-state index in [0.717, 1.165) is 6.42 Å². The first kappa shape index (κ1) is 22.3. The third-order valence-electron chi connectivity index (χ3n) is 3.47. The number of hydrogen-bond donors (Lipinski definition) is 1. The highest BCUT2D eigenvalue weighted by atomic mass is 35.5. The van der Waals surface area contributed by atoms with E-state index in [-0.39, 0.29) is 24.4 Å². The van der Waals surface area contributed by atoms with Crippen LogP contribution in [-0.4, -0.2) is 51.3 Å². The van der Waals surface area contributed by atoms with Crippen molar-refractivity contribution in [3.8, 4) is 17.2 Å². The molecule has 0 aliphatic heterocycles. The summed E-state index contributed by atoms with van der Waals surface area (Å²) in [4.78, 5) is 13.6. The summed E-state index contributed by atoms with van der Waals surface area (Å²) in [5, 5.41) is 0. The summed E-state index contributed by atoms with van der Waals surface area (Å²) in [6.45, 7) is 3.07. The molecule has 2 N–H and O–H groups in total. The fourth-order valence-electron chi connectivity index (χ4n) is 2.02. The molecule has 1 rings (SSSR count). The number of carbonyl (C=O) groups excluding carboxylic acids is 1. The second kappa shape index (κ2) is 11.8. The highest BCUT2D eigenvalue weighted by molar-refractivity contribution is 5.85. The Labute approximate surface area is 150 Å². The van der Waals surface area contributed by atoms with Crippen molar-refractivity contribution >= 4 is 18.3 Å². The van der Waals surface area contributed by atoms with Gasteiger partial charge in [0, 0.05) is 44.3 Å². The third-order valence-corrected chi connectivity index (χ3v) is 3.47. The van der Waals surface area contributed by atoms with E-state index in [2.05, 4.69) is 0 Å². The predicted molar refractivity (Wildman–Crippen MR) is 97.4 cm³/mol. The van der Waals surface area contributed by atoms with Crippen LogP contribution in [0.4, 0.5) is 0 Å². The van der Waals surface area contributed by atoms with Crippen LogP contribution >= 0.6 is 12.4 Å². The van der Waals surface area contributed by atoms with Gasteiger partial charge in [-0.15, -0.1) is 12.4 Å². The summed E-state index contributed by atoms with van der Waals surface area (Å²) in [5.74, 6) is 2.17. The van der Waals surface area contributed by atoms with Gasteiger partial charge in [-0.1, -0.05) is 0 Å². The van der Waals surface area contributed by atoms with Gasteiger partial charge in [-0.25, -0.2) is 0 Å². The molecule has 7 heteroatoms. The van der Waals surface area contributed by atoms with E-state index in [1.807, 2.05) is 6.92 Å². The maximum absolute atomic E-state index is 11.9. The van der Waals surface area contributed by atoms with Crippen molar-refractivity contribution in [2.24, 2.45) is 5.73 Å². The molecule has 1 aromatic rings. The molecule has 0 spiro atoms. The minimum atomic E-state index is 0. The normalized spacial score (nSPS) is 11.2. The molecule has 0 aliphatic rings. The van der Waals surface area contributed by atoms with Crippen LogP contribution in [0.3, 0.4) is 0 Å². The number of halogens is 1. The third kappa shape index (κ3) is 8.26. The van der Waals surface area contributed by atoms with Gasteiger partial charge < -0.3 is 24.8 Å². The number of nitrogens with zero attached hydrogens (tertiary/aromatic N) is 1. The van der Waals surface area contributed by atoms with E-state index in [1.54, 1.807) is 44.4 Å². The molecule has 0 heterocycles. The van der Waals surface area contributed by atoms with E-state index in [0.29, 0.717) is 43.2 Å². The summed E-state index contributed by atoms with van der Waals surface area (Å²) in [7, 11) is 5.00. The van der Waals surface area contributed by atoms with Gasteiger partial charge in [-0.2, -0.15) is 0 Å². The van der Waals surface area contributed by atoms with Gasteiger partial charge in [-0.3, -0.25) is 4.79 Å². The summed E-state index contributed by atoms with van der Waals surface area (Å²) in [6.07, 6.45) is 1.95. The summed E-state index contributed by atoms with van der Waals surface area (Å²) in [6, 6.07) is 5.45. The maximum Gasteiger partial charge on any atom is 0.222 e. The van der Waals surface area contributed by atoms with Crippen molar-refractivity contribution in [1.29, 1.82) is 0 Å². The molecule has 0 saturated heterocycles. The van der Waals surface area contributed by atoms with E-state index in [1.165, 1.54) is 0 Å². The molecule has 0 radical (unpaired) electrons. The van der Waals surface area contributed by atoms with Crippen LogP contribution in [-0.2, 0) is 4.79 Å². The highest BCUT2D eigenvalue weighted by Gasteiger charge is 2.09. The number of hydrogen-bond acceptors (Lipinski definition) is 5. The minimum absolute atomic E-state index is 0. The highest BCUT2D eigenvalue weighted by Crippen LogP contribution is 2.27. The van der Waals surface area contributed by atoms with Crippen LogP contribution in [0, 0.1) is 0 Å². The van der Waals surface area contributed by atoms with Gasteiger partial charge in [0.2, 0.25) is 5.91 Å². The molecule has 0 aromatic heterocycles. The van der Waals surface area contributed by atoms with Crippen molar-refractivity contribution in [1.82, 2.24) is 4.90 Å². The molecule has 1 atom stereocenters. The number of methoxy groups -OCH3 is 2. The Balaban J connectivity index is 0.00000529. The monoisotopic (exact) mass is 360 g/mol. The van der Waals surface area contributed by atoms with Crippen LogP contribution in [0.15, 0.2) is 18.2 Å². The summed E-state index contributed by atoms with van der Waals surface area (Å²) < 4.78 is 16.1.